The Bertz CT molecular complexity index is 1020. The summed E-state index contributed by atoms with van der Waals surface area (Å²) in [5, 5.41) is 1.19. The number of fused-ring (bicyclic) bond motifs is 2. The molecule has 0 fully saturated rings. The third-order valence-corrected chi connectivity index (χ3v) is 5.60. The second-order valence-electron chi connectivity index (χ2n) is 7.62. The third kappa shape index (κ3) is 4.34. The maximum atomic E-state index is 12.7. The number of aryl methyl sites for hydroxylation is 1. The lowest BCUT2D eigenvalue weighted by Gasteiger charge is -2.30. The van der Waals surface area contributed by atoms with Crippen molar-refractivity contribution in [2.75, 3.05) is 6.54 Å². The number of hydrogen-bond acceptors (Lipinski definition) is 3. The molecule has 0 bridgehead atoms. The second kappa shape index (κ2) is 8.52. The number of nitrogens with one attached hydrogen (secondary N) is 1. The van der Waals surface area contributed by atoms with Crippen LogP contribution in [0.5, 0.6) is 0 Å². The van der Waals surface area contributed by atoms with Gasteiger partial charge in [-0.1, -0.05) is 42.5 Å². The molecule has 1 N–H and O–H groups in total. The van der Waals surface area contributed by atoms with E-state index in [4.69, 9.17) is 4.74 Å². The van der Waals surface area contributed by atoms with Crippen LogP contribution in [0.4, 0.5) is 0 Å². The van der Waals surface area contributed by atoms with Crippen molar-refractivity contribution < 1.29 is 14.3 Å². The largest absolute Gasteiger partial charge is 0.453 e. The van der Waals surface area contributed by atoms with E-state index in [9.17, 15) is 9.59 Å². The molecule has 1 atom stereocenters. The van der Waals surface area contributed by atoms with Crippen LogP contribution in [0.15, 0.2) is 54.7 Å². The molecule has 0 saturated carbocycles. The lowest BCUT2D eigenvalue weighted by molar-refractivity contribution is -0.159. The Labute approximate surface area is 170 Å². The molecular weight excluding hydrogens is 364 g/mol. The topological polar surface area (TPSA) is 62.4 Å². The van der Waals surface area contributed by atoms with Gasteiger partial charge < -0.3 is 14.6 Å². The average Bonchev–Trinajstić information content (AvgIpc) is 3.16. The SMILES string of the molecule is C[C@@H](OC(=O)CCCc1c[nH]c2ccccc12)C(=O)N1CCc2ccccc2C1. The van der Waals surface area contributed by atoms with Gasteiger partial charge >= 0.3 is 5.97 Å². The first-order valence-electron chi connectivity index (χ1n) is 10.2. The van der Waals surface area contributed by atoms with Crippen molar-refractivity contribution in [2.24, 2.45) is 0 Å². The van der Waals surface area contributed by atoms with E-state index in [1.807, 2.05) is 36.5 Å². The Morgan fingerprint density at radius 1 is 1.10 bits per heavy atom. The molecule has 150 valence electrons. The van der Waals surface area contributed by atoms with Crippen LogP contribution in [-0.4, -0.2) is 34.4 Å². The van der Waals surface area contributed by atoms with Crippen LogP contribution in [0, 0.1) is 0 Å². The minimum atomic E-state index is -0.749. The highest BCUT2D eigenvalue weighted by atomic mass is 16.5. The number of carbonyl (C=O) groups is 2. The molecule has 0 spiro atoms. The predicted octanol–water partition coefficient (Wildman–Crippen LogP) is 4.01. The van der Waals surface area contributed by atoms with Gasteiger partial charge in [0.2, 0.25) is 0 Å². The van der Waals surface area contributed by atoms with E-state index in [1.165, 1.54) is 22.1 Å². The van der Waals surface area contributed by atoms with Crippen LogP contribution < -0.4 is 0 Å². The number of ether oxygens (including phenoxy) is 1. The van der Waals surface area contributed by atoms with Gasteiger partial charge in [0.05, 0.1) is 0 Å². The minimum absolute atomic E-state index is 0.121. The molecule has 2 aromatic carbocycles. The number of para-hydroxylation sites is 1. The fourth-order valence-corrected chi connectivity index (χ4v) is 4.01. The molecule has 5 nitrogen and oxygen atoms in total. The van der Waals surface area contributed by atoms with Crippen molar-refractivity contribution in [3.63, 3.8) is 0 Å². The zero-order valence-electron chi connectivity index (χ0n) is 16.7. The van der Waals surface area contributed by atoms with Gasteiger partial charge in [0, 0.05) is 36.6 Å². The first kappa shape index (κ1) is 19.2. The standard InChI is InChI=1S/C24H26N2O3/c1-17(24(28)26-14-13-18-7-2-3-8-20(18)16-26)29-23(27)12-6-9-19-15-25-22-11-5-4-10-21(19)22/h2-5,7-8,10-11,15,17,25H,6,9,12-14,16H2,1H3/t17-/m1/s1. The Hall–Kier alpha value is -3.08. The quantitative estimate of drug-likeness (QED) is 0.647. The van der Waals surface area contributed by atoms with Crippen LogP contribution in [0.2, 0.25) is 0 Å². The number of carbonyl (C=O) groups excluding carboxylic acids is 2. The van der Waals surface area contributed by atoms with Gasteiger partial charge in [-0.05, 0) is 48.9 Å². The number of H-pyrrole nitrogens is 1. The van der Waals surface area contributed by atoms with E-state index >= 15 is 0 Å². The summed E-state index contributed by atoms with van der Waals surface area (Å²) in [4.78, 5) is 30.0. The Morgan fingerprint density at radius 3 is 2.72 bits per heavy atom. The van der Waals surface area contributed by atoms with Crippen molar-refractivity contribution in [1.82, 2.24) is 9.88 Å². The molecule has 0 unspecified atom stereocenters. The van der Waals surface area contributed by atoms with Crippen molar-refractivity contribution in [3.05, 3.63) is 71.4 Å². The number of aromatic nitrogens is 1. The number of hydrogen-bond donors (Lipinski definition) is 1. The Morgan fingerprint density at radius 2 is 1.86 bits per heavy atom. The Kier molecular flexibility index (Phi) is 5.65. The summed E-state index contributed by atoms with van der Waals surface area (Å²) in [6, 6.07) is 16.3. The van der Waals surface area contributed by atoms with Gasteiger partial charge in [-0.25, -0.2) is 0 Å². The highest BCUT2D eigenvalue weighted by Crippen LogP contribution is 2.21. The number of benzene rings is 2. The smallest absolute Gasteiger partial charge is 0.306 e. The van der Waals surface area contributed by atoms with Crippen LogP contribution in [-0.2, 0) is 33.7 Å². The van der Waals surface area contributed by atoms with Crippen LogP contribution in [0.3, 0.4) is 0 Å². The van der Waals surface area contributed by atoms with Gasteiger partial charge in [-0.2, -0.15) is 0 Å². The number of nitrogens with zero attached hydrogens (tertiary/aromatic N) is 1. The first-order chi connectivity index (χ1) is 14.1. The lowest BCUT2D eigenvalue weighted by Crippen LogP contribution is -2.42. The fourth-order valence-electron chi connectivity index (χ4n) is 4.01. The van der Waals surface area contributed by atoms with E-state index in [-0.39, 0.29) is 11.9 Å². The van der Waals surface area contributed by atoms with Crippen molar-refractivity contribution in [3.8, 4) is 0 Å². The zero-order valence-corrected chi connectivity index (χ0v) is 16.7. The lowest BCUT2D eigenvalue weighted by atomic mass is 9.99. The molecule has 3 aromatic rings. The van der Waals surface area contributed by atoms with E-state index in [0.29, 0.717) is 25.9 Å². The van der Waals surface area contributed by atoms with Crippen molar-refractivity contribution in [2.45, 2.75) is 45.3 Å². The molecule has 0 saturated heterocycles. The summed E-state index contributed by atoms with van der Waals surface area (Å²) >= 11 is 0. The summed E-state index contributed by atoms with van der Waals surface area (Å²) in [7, 11) is 0. The minimum Gasteiger partial charge on any atom is -0.453 e. The third-order valence-electron chi connectivity index (χ3n) is 5.60. The van der Waals surface area contributed by atoms with Crippen LogP contribution in [0.1, 0.15) is 36.5 Å². The van der Waals surface area contributed by atoms with Crippen LogP contribution in [0.25, 0.3) is 10.9 Å². The molecule has 1 aromatic heterocycles. The predicted molar refractivity (Wildman–Crippen MR) is 112 cm³/mol. The van der Waals surface area contributed by atoms with E-state index in [0.717, 1.165) is 18.4 Å². The number of aromatic amines is 1. The molecule has 29 heavy (non-hydrogen) atoms. The van der Waals surface area contributed by atoms with E-state index in [2.05, 4.69) is 23.2 Å². The molecule has 4 rings (SSSR count). The highest BCUT2D eigenvalue weighted by Gasteiger charge is 2.26. The first-order valence-corrected chi connectivity index (χ1v) is 10.2. The zero-order chi connectivity index (χ0) is 20.2. The molecule has 0 aliphatic carbocycles. The molecule has 1 aliphatic rings. The molecule has 1 amide bonds. The van der Waals surface area contributed by atoms with Gasteiger partial charge in [0.15, 0.2) is 6.10 Å². The van der Waals surface area contributed by atoms with E-state index < -0.39 is 6.10 Å². The summed E-state index contributed by atoms with van der Waals surface area (Å²) in [6.07, 6.45) is 3.88. The van der Waals surface area contributed by atoms with Crippen molar-refractivity contribution in [1.29, 1.82) is 0 Å². The van der Waals surface area contributed by atoms with Gasteiger partial charge in [0.25, 0.3) is 5.91 Å². The summed E-state index contributed by atoms with van der Waals surface area (Å²) in [6.45, 7) is 2.91. The molecule has 2 heterocycles. The maximum absolute atomic E-state index is 12.7. The molecular formula is C24H26N2O3. The maximum Gasteiger partial charge on any atom is 0.306 e. The molecule has 1 aliphatic heterocycles. The summed E-state index contributed by atoms with van der Waals surface area (Å²) in [5.41, 5.74) is 4.76. The summed E-state index contributed by atoms with van der Waals surface area (Å²) in [5.74, 6) is -0.437. The monoisotopic (exact) mass is 390 g/mol. The molecule has 5 heteroatoms. The Balaban J connectivity index is 1.25. The second-order valence-corrected chi connectivity index (χ2v) is 7.62. The number of amides is 1. The van der Waals surface area contributed by atoms with Gasteiger partial charge in [-0.15, -0.1) is 0 Å². The summed E-state index contributed by atoms with van der Waals surface area (Å²) < 4.78 is 5.42. The highest BCUT2D eigenvalue weighted by molar-refractivity contribution is 5.84. The van der Waals surface area contributed by atoms with E-state index in [1.54, 1.807) is 11.8 Å². The van der Waals surface area contributed by atoms with Gasteiger partial charge in [-0.3, -0.25) is 9.59 Å². The molecule has 0 radical (unpaired) electrons. The average molecular weight is 390 g/mol. The number of esters is 1. The van der Waals surface area contributed by atoms with Crippen LogP contribution >= 0.6 is 0 Å². The fraction of sp³-hybridized carbons (Fsp3) is 0.333. The van der Waals surface area contributed by atoms with Crippen molar-refractivity contribution >= 4 is 22.8 Å². The van der Waals surface area contributed by atoms with Gasteiger partial charge in [0.1, 0.15) is 0 Å². The number of rotatable bonds is 6. The normalized spacial score (nSPS) is 14.4.